The lowest BCUT2D eigenvalue weighted by molar-refractivity contribution is 0.121. The number of halogens is 1. The molecule has 3 rings (SSSR count). The monoisotopic (exact) mass is 317 g/mol. The van der Waals surface area contributed by atoms with Gasteiger partial charge in [0.05, 0.1) is 19.5 Å². The molecular formula is C17H20FN3O2. The van der Waals surface area contributed by atoms with Crippen molar-refractivity contribution in [1.82, 2.24) is 14.9 Å². The van der Waals surface area contributed by atoms with Crippen LogP contribution >= 0.6 is 0 Å². The highest BCUT2D eigenvalue weighted by Gasteiger charge is 2.20. The second-order valence-electron chi connectivity index (χ2n) is 5.91. The summed E-state index contributed by atoms with van der Waals surface area (Å²) >= 11 is 0. The lowest BCUT2D eigenvalue weighted by atomic mass is 10.0. The Labute approximate surface area is 134 Å². The summed E-state index contributed by atoms with van der Waals surface area (Å²) in [4.78, 5) is 20.4. The first-order valence-electron chi connectivity index (χ1n) is 7.77. The van der Waals surface area contributed by atoms with Gasteiger partial charge in [-0.15, -0.1) is 0 Å². The van der Waals surface area contributed by atoms with Gasteiger partial charge in [0.1, 0.15) is 5.82 Å². The second kappa shape index (κ2) is 7.48. The average molecular weight is 317 g/mol. The molecule has 0 radical (unpaired) electrons. The predicted octanol–water partition coefficient (Wildman–Crippen LogP) is 1.60. The maximum Gasteiger partial charge on any atom is 0.250 e. The lowest BCUT2D eigenvalue weighted by Crippen LogP contribution is -2.30. The number of rotatable bonds is 4. The number of benzene rings is 1. The highest BCUT2D eigenvalue weighted by molar-refractivity contribution is 5.16. The molecule has 0 spiro atoms. The normalized spacial score (nSPS) is 19.4. The summed E-state index contributed by atoms with van der Waals surface area (Å²) in [5.41, 5.74) is 1.59. The topological polar surface area (TPSA) is 58.2 Å². The van der Waals surface area contributed by atoms with E-state index in [4.69, 9.17) is 4.74 Å². The summed E-state index contributed by atoms with van der Waals surface area (Å²) in [5, 5.41) is 0. The summed E-state index contributed by atoms with van der Waals surface area (Å²) in [5.74, 6) is 0.0539. The van der Waals surface area contributed by atoms with E-state index in [1.807, 2.05) is 6.07 Å². The molecule has 1 aromatic heterocycles. The predicted molar refractivity (Wildman–Crippen MR) is 84.5 cm³/mol. The van der Waals surface area contributed by atoms with Gasteiger partial charge in [0, 0.05) is 37.3 Å². The van der Waals surface area contributed by atoms with Gasteiger partial charge in [0.2, 0.25) is 0 Å². The van der Waals surface area contributed by atoms with Gasteiger partial charge in [0.25, 0.3) is 5.56 Å². The number of aromatic amines is 1. The maximum atomic E-state index is 13.3. The van der Waals surface area contributed by atoms with Crippen molar-refractivity contribution >= 4 is 0 Å². The van der Waals surface area contributed by atoms with E-state index in [0.29, 0.717) is 26.2 Å². The molecule has 1 N–H and O–H groups in total. The molecule has 1 aliphatic heterocycles. The number of nitrogens with zero attached hydrogens (tertiary/aromatic N) is 2. The Bertz CT molecular complexity index is 704. The number of hydrogen-bond acceptors (Lipinski definition) is 4. The van der Waals surface area contributed by atoms with E-state index in [9.17, 15) is 9.18 Å². The smallest absolute Gasteiger partial charge is 0.250 e. The first kappa shape index (κ1) is 15.8. The summed E-state index contributed by atoms with van der Waals surface area (Å²) < 4.78 is 19.0. The molecule has 122 valence electrons. The van der Waals surface area contributed by atoms with Crippen LogP contribution in [-0.4, -0.2) is 41.2 Å². The molecule has 1 saturated heterocycles. The van der Waals surface area contributed by atoms with Crippen molar-refractivity contribution in [2.45, 2.75) is 13.0 Å². The third-order valence-corrected chi connectivity index (χ3v) is 3.95. The Morgan fingerprint density at radius 2 is 2.30 bits per heavy atom. The fourth-order valence-corrected chi connectivity index (χ4v) is 2.93. The first-order chi connectivity index (χ1) is 11.2. The highest BCUT2D eigenvalue weighted by Crippen LogP contribution is 2.15. The third-order valence-electron chi connectivity index (χ3n) is 3.95. The summed E-state index contributed by atoms with van der Waals surface area (Å²) in [6, 6.07) is 8.22. The second-order valence-corrected chi connectivity index (χ2v) is 5.91. The minimum atomic E-state index is -0.210. The van der Waals surface area contributed by atoms with Crippen LogP contribution in [0.15, 0.2) is 41.5 Å². The maximum absolute atomic E-state index is 13.3. The molecule has 0 bridgehead atoms. The number of ether oxygens (including phenoxy) is 1. The number of hydrogen-bond donors (Lipinski definition) is 1. The molecule has 1 aliphatic rings. The van der Waals surface area contributed by atoms with E-state index >= 15 is 0 Å². The van der Waals surface area contributed by atoms with Crippen molar-refractivity contribution in [3.8, 4) is 0 Å². The van der Waals surface area contributed by atoms with Gasteiger partial charge >= 0.3 is 0 Å². The van der Waals surface area contributed by atoms with Gasteiger partial charge < -0.3 is 9.72 Å². The van der Waals surface area contributed by atoms with Gasteiger partial charge in [-0.1, -0.05) is 12.1 Å². The van der Waals surface area contributed by atoms with Crippen LogP contribution in [0.5, 0.6) is 0 Å². The van der Waals surface area contributed by atoms with E-state index in [2.05, 4.69) is 14.9 Å². The minimum absolute atomic E-state index is 0.138. The lowest BCUT2D eigenvalue weighted by Gasteiger charge is -2.23. The Hall–Kier alpha value is -2.05. The first-order valence-corrected chi connectivity index (χ1v) is 7.77. The average Bonchev–Trinajstić information content (AvgIpc) is 2.72. The van der Waals surface area contributed by atoms with Gasteiger partial charge in [-0.2, -0.15) is 0 Å². The molecule has 0 amide bonds. The Kier molecular flexibility index (Phi) is 5.15. The van der Waals surface area contributed by atoms with E-state index in [-0.39, 0.29) is 17.3 Å². The van der Waals surface area contributed by atoms with Crippen molar-refractivity contribution in [2.75, 3.05) is 26.3 Å². The molecule has 2 aromatic rings. The highest BCUT2D eigenvalue weighted by atomic mass is 19.1. The molecule has 2 heterocycles. The van der Waals surface area contributed by atoms with Crippen LogP contribution in [0.25, 0.3) is 0 Å². The minimum Gasteiger partial charge on any atom is -0.380 e. The number of H-pyrrole nitrogens is 1. The van der Waals surface area contributed by atoms with Crippen LogP contribution in [0, 0.1) is 11.7 Å². The molecule has 1 aromatic carbocycles. The quantitative estimate of drug-likeness (QED) is 0.930. The molecule has 23 heavy (non-hydrogen) atoms. The zero-order valence-corrected chi connectivity index (χ0v) is 12.9. The largest absolute Gasteiger partial charge is 0.380 e. The van der Waals surface area contributed by atoms with Gasteiger partial charge in [-0.25, -0.2) is 9.37 Å². The molecule has 1 atom stereocenters. The van der Waals surface area contributed by atoms with E-state index < -0.39 is 0 Å². The van der Waals surface area contributed by atoms with Gasteiger partial charge in [-0.3, -0.25) is 9.69 Å². The summed E-state index contributed by atoms with van der Waals surface area (Å²) in [6.45, 7) is 3.66. The fraction of sp³-hybridized carbons (Fsp3) is 0.412. The van der Waals surface area contributed by atoms with Crippen molar-refractivity contribution < 1.29 is 9.13 Å². The molecule has 6 heteroatoms. The molecule has 1 unspecified atom stereocenters. The Morgan fingerprint density at radius 1 is 1.39 bits per heavy atom. The summed E-state index contributed by atoms with van der Waals surface area (Å²) in [6.07, 6.45) is 2.13. The third kappa shape index (κ3) is 4.71. The van der Waals surface area contributed by atoms with Crippen molar-refractivity contribution in [3.05, 3.63) is 64.1 Å². The summed E-state index contributed by atoms with van der Waals surface area (Å²) in [7, 11) is 0. The molecule has 0 aliphatic carbocycles. The zero-order valence-electron chi connectivity index (χ0n) is 12.9. The molecule has 0 saturated carbocycles. The van der Waals surface area contributed by atoms with Crippen LogP contribution in [0.4, 0.5) is 4.39 Å². The van der Waals surface area contributed by atoms with Gasteiger partial charge in [0.15, 0.2) is 0 Å². The SMILES string of the molecule is O=c1cc(CC2COCCN(Cc3cccc(F)c3)C2)nc[nH]1. The van der Waals surface area contributed by atoms with Crippen molar-refractivity contribution in [1.29, 1.82) is 0 Å². The molecule has 1 fully saturated rings. The van der Waals surface area contributed by atoms with Crippen LogP contribution in [0.3, 0.4) is 0 Å². The Balaban J connectivity index is 1.65. The Morgan fingerprint density at radius 3 is 3.13 bits per heavy atom. The zero-order chi connectivity index (χ0) is 16.1. The van der Waals surface area contributed by atoms with Crippen LogP contribution < -0.4 is 5.56 Å². The van der Waals surface area contributed by atoms with E-state index in [1.165, 1.54) is 18.5 Å². The standard InChI is InChI=1S/C17H20FN3O2/c18-15-3-1-2-13(6-15)9-21-4-5-23-11-14(10-21)7-16-8-17(22)20-12-19-16/h1-3,6,8,12,14H,4-5,7,9-11H2,(H,19,20,22). The molecular weight excluding hydrogens is 297 g/mol. The van der Waals surface area contributed by atoms with Gasteiger partial charge in [-0.05, 0) is 24.1 Å². The van der Waals surface area contributed by atoms with E-state index in [0.717, 1.165) is 24.3 Å². The van der Waals surface area contributed by atoms with Crippen molar-refractivity contribution in [2.24, 2.45) is 5.92 Å². The van der Waals surface area contributed by atoms with Crippen LogP contribution in [0.1, 0.15) is 11.3 Å². The number of aromatic nitrogens is 2. The van der Waals surface area contributed by atoms with Crippen LogP contribution in [-0.2, 0) is 17.7 Å². The van der Waals surface area contributed by atoms with E-state index in [1.54, 1.807) is 12.1 Å². The molecule has 5 nitrogen and oxygen atoms in total. The number of nitrogens with one attached hydrogen (secondary N) is 1. The van der Waals surface area contributed by atoms with Crippen molar-refractivity contribution in [3.63, 3.8) is 0 Å². The fourth-order valence-electron chi connectivity index (χ4n) is 2.93. The van der Waals surface area contributed by atoms with Crippen LogP contribution in [0.2, 0.25) is 0 Å².